The Hall–Kier alpha value is -2.62. The molecule has 0 aliphatic carbocycles. The van der Waals surface area contributed by atoms with E-state index in [4.69, 9.17) is 9.26 Å². The zero-order valence-electron chi connectivity index (χ0n) is 16.8. The van der Waals surface area contributed by atoms with E-state index in [9.17, 15) is 4.39 Å². The number of hydrogen-bond acceptors (Lipinski definition) is 3. The van der Waals surface area contributed by atoms with Gasteiger partial charge in [0.2, 0.25) is 0 Å². The van der Waals surface area contributed by atoms with Crippen LogP contribution in [0.1, 0.15) is 43.4 Å². The predicted molar refractivity (Wildman–Crippen MR) is 107 cm³/mol. The minimum Gasteiger partial charge on any atom is -0.493 e. The molecule has 144 valence electrons. The summed E-state index contributed by atoms with van der Waals surface area (Å²) in [5, 5.41) is 3.81. The monoisotopic (exact) mass is 369 g/mol. The molecule has 0 spiro atoms. The largest absolute Gasteiger partial charge is 0.493 e. The van der Waals surface area contributed by atoms with Crippen molar-refractivity contribution in [1.82, 2.24) is 5.16 Å². The van der Waals surface area contributed by atoms with Gasteiger partial charge in [-0.1, -0.05) is 55.8 Å². The lowest BCUT2D eigenvalue weighted by Crippen LogP contribution is -2.09. The molecular weight excluding hydrogens is 341 g/mol. The third kappa shape index (κ3) is 7.26. The summed E-state index contributed by atoms with van der Waals surface area (Å²) in [5.74, 6) is 1.62. The SMILES string of the molecule is Cc1cc(C(C)(C)C)on1.Cc1ccc(OCCc2ccc(F)cc2)cc1. The minimum atomic E-state index is -0.201. The Morgan fingerprint density at radius 2 is 1.59 bits per heavy atom. The maximum atomic E-state index is 12.7. The van der Waals surface area contributed by atoms with Crippen LogP contribution in [0.25, 0.3) is 0 Å². The van der Waals surface area contributed by atoms with E-state index in [0.29, 0.717) is 6.61 Å². The molecule has 1 heterocycles. The topological polar surface area (TPSA) is 35.3 Å². The summed E-state index contributed by atoms with van der Waals surface area (Å²) in [6.07, 6.45) is 0.786. The maximum Gasteiger partial charge on any atom is 0.142 e. The summed E-state index contributed by atoms with van der Waals surface area (Å²) < 4.78 is 23.4. The van der Waals surface area contributed by atoms with E-state index in [1.807, 2.05) is 44.2 Å². The molecule has 0 bridgehead atoms. The molecule has 3 aromatic rings. The average Bonchev–Trinajstić information content (AvgIpc) is 3.06. The van der Waals surface area contributed by atoms with E-state index in [0.717, 1.165) is 29.2 Å². The van der Waals surface area contributed by atoms with Crippen LogP contribution in [0.5, 0.6) is 5.75 Å². The summed E-state index contributed by atoms with van der Waals surface area (Å²) in [7, 11) is 0. The van der Waals surface area contributed by atoms with E-state index in [1.54, 1.807) is 12.1 Å². The van der Waals surface area contributed by atoms with Gasteiger partial charge in [-0.05, 0) is 43.7 Å². The lowest BCUT2D eigenvalue weighted by molar-refractivity contribution is 0.322. The molecule has 0 fully saturated rings. The Labute approximate surface area is 161 Å². The number of nitrogens with zero attached hydrogens (tertiary/aromatic N) is 1. The van der Waals surface area contributed by atoms with E-state index < -0.39 is 0 Å². The first-order valence-corrected chi connectivity index (χ1v) is 9.12. The van der Waals surface area contributed by atoms with Crippen LogP contribution in [0.3, 0.4) is 0 Å². The molecule has 0 N–H and O–H groups in total. The number of aromatic nitrogens is 1. The second kappa shape index (κ2) is 9.36. The van der Waals surface area contributed by atoms with Gasteiger partial charge < -0.3 is 9.26 Å². The smallest absolute Gasteiger partial charge is 0.142 e. The zero-order chi connectivity index (χ0) is 19.9. The van der Waals surface area contributed by atoms with Gasteiger partial charge in [0.15, 0.2) is 0 Å². The van der Waals surface area contributed by atoms with Gasteiger partial charge in [-0.3, -0.25) is 0 Å². The van der Waals surface area contributed by atoms with E-state index >= 15 is 0 Å². The summed E-state index contributed by atoms with van der Waals surface area (Å²) in [5.41, 5.74) is 3.33. The molecule has 0 unspecified atom stereocenters. The van der Waals surface area contributed by atoms with E-state index in [2.05, 4.69) is 25.9 Å². The predicted octanol–water partition coefficient (Wildman–Crippen LogP) is 6.04. The lowest BCUT2D eigenvalue weighted by Gasteiger charge is -2.11. The van der Waals surface area contributed by atoms with Gasteiger partial charge in [-0.15, -0.1) is 0 Å². The van der Waals surface area contributed by atoms with Crippen LogP contribution in [-0.4, -0.2) is 11.8 Å². The Morgan fingerprint density at radius 3 is 2.07 bits per heavy atom. The third-order valence-electron chi connectivity index (χ3n) is 3.96. The summed E-state index contributed by atoms with van der Waals surface area (Å²) in [6.45, 7) is 10.9. The molecule has 0 aliphatic rings. The van der Waals surface area contributed by atoms with Gasteiger partial charge in [-0.25, -0.2) is 4.39 Å². The Balaban J connectivity index is 0.000000223. The van der Waals surface area contributed by atoms with Gasteiger partial charge in [0.05, 0.1) is 12.3 Å². The molecule has 1 aromatic heterocycles. The second-order valence-corrected chi connectivity index (χ2v) is 7.62. The minimum absolute atomic E-state index is 0.0846. The fourth-order valence-electron chi connectivity index (χ4n) is 2.29. The molecule has 4 heteroatoms. The van der Waals surface area contributed by atoms with Crippen molar-refractivity contribution in [2.45, 2.75) is 46.5 Å². The number of rotatable bonds is 4. The first-order valence-electron chi connectivity index (χ1n) is 9.12. The summed E-state index contributed by atoms with van der Waals surface area (Å²) in [6, 6.07) is 16.4. The maximum absolute atomic E-state index is 12.7. The van der Waals surface area contributed by atoms with Crippen molar-refractivity contribution in [2.24, 2.45) is 0 Å². The molecule has 3 rings (SSSR count). The number of benzene rings is 2. The first-order chi connectivity index (χ1) is 12.7. The standard InChI is InChI=1S/C15H15FO.C8H13NO/c1-12-2-8-15(9-3-12)17-11-10-13-4-6-14(16)7-5-13;1-6-5-7(10-9-6)8(2,3)4/h2-9H,10-11H2,1H3;5H,1-4H3. The molecule has 0 saturated heterocycles. The van der Waals surface area contributed by atoms with Gasteiger partial charge in [0.1, 0.15) is 17.3 Å². The van der Waals surface area contributed by atoms with Gasteiger partial charge in [0.25, 0.3) is 0 Å². The van der Waals surface area contributed by atoms with Crippen LogP contribution < -0.4 is 4.74 Å². The molecule has 0 amide bonds. The van der Waals surface area contributed by atoms with Gasteiger partial charge in [-0.2, -0.15) is 0 Å². The molecule has 3 nitrogen and oxygen atoms in total. The molecule has 2 aromatic carbocycles. The van der Waals surface area contributed by atoms with E-state index in [1.165, 1.54) is 17.7 Å². The summed E-state index contributed by atoms with van der Waals surface area (Å²) >= 11 is 0. The van der Waals surface area contributed by atoms with Crippen molar-refractivity contribution in [3.8, 4) is 5.75 Å². The number of hydrogen-bond donors (Lipinski definition) is 0. The Morgan fingerprint density at radius 1 is 0.963 bits per heavy atom. The molecule has 0 radical (unpaired) electrons. The highest BCUT2D eigenvalue weighted by Gasteiger charge is 2.18. The molecular formula is C23H28FNO2. The van der Waals surface area contributed by atoms with Crippen molar-refractivity contribution in [3.05, 3.63) is 83.0 Å². The van der Waals surface area contributed by atoms with Crippen LogP contribution in [0.15, 0.2) is 59.1 Å². The van der Waals surface area contributed by atoms with Gasteiger partial charge in [0, 0.05) is 17.9 Å². The Kier molecular flexibility index (Phi) is 7.17. The quantitative estimate of drug-likeness (QED) is 0.563. The molecule has 27 heavy (non-hydrogen) atoms. The van der Waals surface area contributed by atoms with Crippen molar-refractivity contribution >= 4 is 0 Å². The fourth-order valence-corrected chi connectivity index (χ4v) is 2.29. The van der Waals surface area contributed by atoms with Crippen molar-refractivity contribution in [3.63, 3.8) is 0 Å². The van der Waals surface area contributed by atoms with Crippen LogP contribution in [0.4, 0.5) is 4.39 Å². The number of aryl methyl sites for hydroxylation is 2. The van der Waals surface area contributed by atoms with E-state index in [-0.39, 0.29) is 11.2 Å². The highest BCUT2D eigenvalue weighted by molar-refractivity contribution is 5.26. The number of halogens is 1. The van der Waals surface area contributed by atoms with Crippen molar-refractivity contribution in [2.75, 3.05) is 6.61 Å². The third-order valence-corrected chi connectivity index (χ3v) is 3.96. The van der Waals surface area contributed by atoms with Crippen LogP contribution >= 0.6 is 0 Å². The fraction of sp³-hybridized carbons (Fsp3) is 0.348. The van der Waals surface area contributed by atoms with Crippen LogP contribution in [-0.2, 0) is 11.8 Å². The van der Waals surface area contributed by atoms with Gasteiger partial charge >= 0.3 is 0 Å². The van der Waals surface area contributed by atoms with Crippen molar-refractivity contribution in [1.29, 1.82) is 0 Å². The lowest BCUT2D eigenvalue weighted by atomic mass is 9.93. The molecule has 0 aliphatic heterocycles. The highest BCUT2D eigenvalue weighted by Crippen LogP contribution is 2.22. The van der Waals surface area contributed by atoms with Crippen LogP contribution in [0, 0.1) is 19.7 Å². The second-order valence-electron chi connectivity index (χ2n) is 7.62. The van der Waals surface area contributed by atoms with Crippen molar-refractivity contribution < 1.29 is 13.7 Å². The normalized spacial score (nSPS) is 10.9. The highest BCUT2D eigenvalue weighted by atomic mass is 19.1. The summed E-state index contributed by atoms with van der Waals surface area (Å²) in [4.78, 5) is 0. The molecule has 0 saturated carbocycles. The molecule has 0 atom stereocenters. The van der Waals surface area contributed by atoms with Crippen LogP contribution in [0.2, 0.25) is 0 Å². The Bertz CT molecular complexity index is 769. The number of ether oxygens (including phenoxy) is 1. The zero-order valence-corrected chi connectivity index (χ0v) is 16.8. The average molecular weight is 369 g/mol. The first kappa shape index (κ1) is 20.7.